The van der Waals surface area contributed by atoms with Crippen LogP contribution in [0.2, 0.25) is 5.02 Å². The van der Waals surface area contributed by atoms with Crippen LogP contribution in [0.1, 0.15) is 30.5 Å². The second-order valence-corrected chi connectivity index (χ2v) is 13.5. The van der Waals surface area contributed by atoms with E-state index in [0.29, 0.717) is 6.54 Å². The Morgan fingerprint density at radius 3 is 2.13 bits per heavy atom. The molecule has 0 spiro atoms. The molecule has 1 unspecified atom stereocenters. The van der Waals surface area contributed by atoms with Crippen LogP contribution in [0.25, 0.3) is 0 Å². The minimum atomic E-state index is -4.30. The van der Waals surface area contributed by atoms with Crippen LogP contribution in [0.15, 0.2) is 108 Å². The Morgan fingerprint density at radius 2 is 1.49 bits per heavy atom. The van der Waals surface area contributed by atoms with Crippen molar-refractivity contribution in [3.05, 3.63) is 131 Å². The van der Waals surface area contributed by atoms with Gasteiger partial charge in [0.05, 0.1) is 15.6 Å². The molecule has 0 fully saturated rings. The van der Waals surface area contributed by atoms with Gasteiger partial charge in [-0.1, -0.05) is 104 Å². The van der Waals surface area contributed by atoms with Gasteiger partial charge in [0.2, 0.25) is 11.8 Å². The summed E-state index contributed by atoms with van der Waals surface area (Å²) in [7, 11) is -4.30. The Hall–Kier alpha value is -4.21. The predicted octanol–water partition coefficient (Wildman–Crippen LogP) is 6.40. The van der Waals surface area contributed by atoms with Crippen molar-refractivity contribution >= 4 is 39.1 Å². The lowest BCUT2D eigenvalue weighted by molar-refractivity contribution is -0.140. The van der Waals surface area contributed by atoms with Gasteiger partial charge in [0.15, 0.2) is 0 Å². The van der Waals surface area contributed by atoms with Crippen LogP contribution < -0.4 is 9.62 Å². The Bertz CT molecular complexity index is 1720. The summed E-state index contributed by atoms with van der Waals surface area (Å²) in [5, 5.41) is 3.04. The number of aryl methyl sites for hydroxylation is 1. The van der Waals surface area contributed by atoms with Crippen molar-refractivity contribution in [3.8, 4) is 0 Å². The standard InChI is InChI=1S/C35H37ClFN3O4S/c1-25(2)22-38-35(42)33(21-27-11-5-4-6-12-27)39(23-28-13-7-9-15-31(28)37)34(41)24-40(32-16-10-8-14-30(32)36)45(43,44)29-19-17-26(3)18-20-29/h4-20,25,33H,21-24H2,1-3H3,(H,38,42). The molecule has 4 aromatic carbocycles. The first-order chi connectivity index (χ1) is 21.5. The molecule has 0 saturated carbocycles. The van der Waals surface area contributed by atoms with Gasteiger partial charge in [-0.25, -0.2) is 12.8 Å². The quantitative estimate of drug-likeness (QED) is 0.182. The number of carbonyl (C=O) groups is 2. The zero-order valence-corrected chi connectivity index (χ0v) is 27.1. The highest BCUT2D eigenvalue weighted by Crippen LogP contribution is 2.31. The zero-order valence-electron chi connectivity index (χ0n) is 25.5. The summed E-state index contributed by atoms with van der Waals surface area (Å²) in [5.74, 6) is -1.54. The number of nitrogens with one attached hydrogen (secondary N) is 1. The minimum absolute atomic E-state index is 0.0306. The number of para-hydroxylation sites is 1. The first-order valence-electron chi connectivity index (χ1n) is 14.7. The Labute approximate surface area is 269 Å². The molecule has 0 aliphatic rings. The van der Waals surface area contributed by atoms with E-state index in [0.717, 1.165) is 15.4 Å². The molecule has 0 aliphatic heterocycles. The summed E-state index contributed by atoms with van der Waals surface area (Å²) >= 11 is 6.50. The second-order valence-electron chi connectivity index (χ2n) is 11.2. The van der Waals surface area contributed by atoms with Crippen LogP contribution in [0.3, 0.4) is 0 Å². The fourth-order valence-corrected chi connectivity index (χ4v) is 6.51. The molecule has 7 nitrogen and oxygen atoms in total. The average Bonchev–Trinajstić information content (AvgIpc) is 3.02. The molecule has 1 N–H and O–H groups in total. The molecule has 0 aliphatic carbocycles. The normalized spacial score (nSPS) is 12.0. The number of nitrogens with zero attached hydrogens (tertiary/aromatic N) is 2. The lowest BCUT2D eigenvalue weighted by Gasteiger charge is -2.34. The third-order valence-electron chi connectivity index (χ3n) is 7.26. The van der Waals surface area contributed by atoms with E-state index in [-0.39, 0.29) is 40.1 Å². The van der Waals surface area contributed by atoms with Crippen LogP contribution in [-0.2, 0) is 32.6 Å². The predicted molar refractivity (Wildman–Crippen MR) is 176 cm³/mol. The van der Waals surface area contributed by atoms with Gasteiger partial charge in [0.1, 0.15) is 18.4 Å². The van der Waals surface area contributed by atoms with Crippen molar-refractivity contribution in [2.45, 2.75) is 44.7 Å². The molecule has 1 atom stereocenters. The van der Waals surface area contributed by atoms with Gasteiger partial charge < -0.3 is 10.2 Å². The highest BCUT2D eigenvalue weighted by Gasteiger charge is 2.35. The third-order valence-corrected chi connectivity index (χ3v) is 9.36. The van der Waals surface area contributed by atoms with E-state index in [4.69, 9.17) is 11.6 Å². The number of halogens is 2. The number of sulfonamides is 1. The van der Waals surface area contributed by atoms with E-state index in [1.54, 1.807) is 30.3 Å². The zero-order chi connectivity index (χ0) is 32.6. The molecule has 0 aromatic heterocycles. The maximum atomic E-state index is 15.0. The molecule has 45 heavy (non-hydrogen) atoms. The van der Waals surface area contributed by atoms with Crippen molar-refractivity contribution in [3.63, 3.8) is 0 Å². The van der Waals surface area contributed by atoms with Crippen molar-refractivity contribution in [1.29, 1.82) is 0 Å². The van der Waals surface area contributed by atoms with Crippen molar-refractivity contribution in [2.24, 2.45) is 5.92 Å². The SMILES string of the molecule is Cc1ccc(S(=O)(=O)N(CC(=O)N(Cc2ccccc2F)C(Cc2ccccc2)C(=O)NCC(C)C)c2ccccc2Cl)cc1. The van der Waals surface area contributed by atoms with E-state index in [1.807, 2.05) is 51.1 Å². The van der Waals surface area contributed by atoms with E-state index in [2.05, 4.69) is 5.32 Å². The average molecular weight is 650 g/mol. The number of carbonyl (C=O) groups excluding carboxylic acids is 2. The molecule has 4 rings (SSSR count). The molecule has 0 radical (unpaired) electrons. The fourth-order valence-electron chi connectivity index (χ4n) is 4.79. The molecule has 236 valence electrons. The summed E-state index contributed by atoms with van der Waals surface area (Å²) in [6, 6.07) is 26.7. The lowest BCUT2D eigenvalue weighted by Crippen LogP contribution is -2.53. The number of amides is 2. The molecule has 0 bridgehead atoms. The molecule has 0 heterocycles. The maximum Gasteiger partial charge on any atom is 0.264 e. The van der Waals surface area contributed by atoms with Gasteiger partial charge in [0, 0.05) is 25.1 Å². The van der Waals surface area contributed by atoms with Gasteiger partial charge in [-0.05, 0) is 48.7 Å². The maximum absolute atomic E-state index is 15.0. The van der Waals surface area contributed by atoms with Crippen molar-refractivity contribution in [2.75, 3.05) is 17.4 Å². The number of hydrogen-bond acceptors (Lipinski definition) is 4. The first-order valence-corrected chi connectivity index (χ1v) is 16.5. The monoisotopic (exact) mass is 649 g/mol. The largest absolute Gasteiger partial charge is 0.354 e. The molecule has 10 heteroatoms. The Kier molecular flexibility index (Phi) is 11.4. The summed E-state index contributed by atoms with van der Waals surface area (Å²) < 4.78 is 44.2. The Morgan fingerprint density at radius 1 is 0.867 bits per heavy atom. The van der Waals surface area contributed by atoms with E-state index in [1.165, 1.54) is 47.4 Å². The highest BCUT2D eigenvalue weighted by molar-refractivity contribution is 7.92. The van der Waals surface area contributed by atoms with Crippen molar-refractivity contribution < 1.29 is 22.4 Å². The third kappa shape index (κ3) is 8.71. The van der Waals surface area contributed by atoms with Gasteiger partial charge in [-0.15, -0.1) is 0 Å². The van der Waals surface area contributed by atoms with Gasteiger partial charge in [-0.3, -0.25) is 13.9 Å². The number of anilines is 1. The number of rotatable bonds is 13. The number of benzene rings is 4. The van der Waals surface area contributed by atoms with Crippen LogP contribution in [0, 0.1) is 18.7 Å². The van der Waals surface area contributed by atoms with Gasteiger partial charge >= 0.3 is 0 Å². The van der Waals surface area contributed by atoms with Crippen molar-refractivity contribution in [1.82, 2.24) is 10.2 Å². The molecule has 4 aromatic rings. The second kappa shape index (κ2) is 15.2. The fraction of sp³-hybridized carbons (Fsp3) is 0.257. The van der Waals surface area contributed by atoms with Crippen LogP contribution in [-0.4, -0.2) is 44.3 Å². The van der Waals surface area contributed by atoms with E-state index in [9.17, 15) is 18.0 Å². The summed E-state index contributed by atoms with van der Waals surface area (Å²) in [4.78, 5) is 29.4. The van der Waals surface area contributed by atoms with Gasteiger partial charge in [-0.2, -0.15) is 0 Å². The lowest BCUT2D eigenvalue weighted by atomic mass is 10.0. The highest BCUT2D eigenvalue weighted by atomic mass is 35.5. The molecule has 2 amide bonds. The topological polar surface area (TPSA) is 86.8 Å². The smallest absolute Gasteiger partial charge is 0.264 e. The summed E-state index contributed by atoms with van der Waals surface area (Å²) in [6.45, 7) is 5.15. The van der Waals surface area contributed by atoms with Crippen LogP contribution in [0.4, 0.5) is 10.1 Å². The van der Waals surface area contributed by atoms with E-state index < -0.39 is 40.2 Å². The summed E-state index contributed by atoms with van der Waals surface area (Å²) in [6.07, 6.45) is 0.127. The first kappa shape index (κ1) is 33.7. The molecular weight excluding hydrogens is 613 g/mol. The minimum Gasteiger partial charge on any atom is -0.354 e. The Balaban J connectivity index is 1.81. The number of hydrogen-bond donors (Lipinski definition) is 1. The molecular formula is C35H37ClFN3O4S. The van der Waals surface area contributed by atoms with E-state index >= 15 is 4.39 Å². The van der Waals surface area contributed by atoms with Crippen LogP contribution >= 0.6 is 11.6 Å². The van der Waals surface area contributed by atoms with Gasteiger partial charge in [0.25, 0.3) is 10.0 Å². The molecule has 0 saturated heterocycles. The van der Waals surface area contributed by atoms with Crippen LogP contribution in [0.5, 0.6) is 0 Å². The summed E-state index contributed by atoms with van der Waals surface area (Å²) in [5.41, 5.74) is 1.93.